The van der Waals surface area contributed by atoms with E-state index in [-0.39, 0.29) is 7.43 Å². The van der Waals surface area contributed by atoms with E-state index in [2.05, 4.69) is 13.5 Å². The van der Waals surface area contributed by atoms with Crippen molar-refractivity contribution in [2.24, 2.45) is 0 Å². The van der Waals surface area contributed by atoms with Crippen LogP contribution in [0.15, 0.2) is 12.7 Å². The van der Waals surface area contributed by atoms with Crippen molar-refractivity contribution in [3.63, 3.8) is 0 Å². The van der Waals surface area contributed by atoms with Crippen molar-refractivity contribution < 1.29 is 24.2 Å². The van der Waals surface area contributed by atoms with Crippen LogP contribution in [-0.4, -0.2) is 0 Å². The Morgan fingerprint density at radius 2 is 1.57 bits per heavy atom. The van der Waals surface area contributed by atoms with Crippen LogP contribution in [0.2, 0.25) is 0 Å². The topological polar surface area (TPSA) is 34.1 Å². The van der Waals surface area contributed by atoms with Crippen LogP contribution in [-0.2, 0) is 24.2 Å². The first-order valence-electron chi connectivity index (χ1n) is 1.11. The summed E-state index contributed by atoms with van der Waals surface area (Å²) in [4.78, 5) is 0. The van der Waals surface area contributed by atoms with Crippen molar-refractivity contribution in [1.29, 1.82) is 0 Å². The van der Waals surface area contributed by atoms with E-state index in [4.69, 9.17) is 7.15 Å². The summed E-state index contributed by atoms with van der Waals surface area (Å²) in [6.07, 6.45) is 1.50. The third-order valence-corrected chi connectivity index (χ3v) is 0. The summed E-state index contributed by atoms with van der Waals surface area (Å²) in [7, 11) is 0. The zero-order valence-corrected chi connectivity index (χ0v) is 5.90. The Balaban J connectivity index is -0.0000000400. The van der Waals surface area contributed by atoms with Gasteiger partial charge in [0.1, 0.15) is 0 Å². The zero-order valence-electron chi connectivity index (χ0n) is 4.16. The fraction of sp³-hybridized carbons (Fsp3) is 0. The molecule has 0 radical (unpaired) electrons. The molecule has 0 fully saturated rings. The summed E-state index contributed by atoms with van der Waals surface area (Å²) < 4.78 is 16.9. The number of hydrogen-bond donors (Lipinski definition) is 0. The van der Waals surface area contributed by atoms with Crippen LogP contribution in [0, 0.1) is 14.4 Å². The molecule has 0 aliphatic rings. The molecular weight excluding hydrogens is 181 g/mol. The first-order valence-corrected chi connectivity index (χ1v) is 2.52. The van der Waals surface area contributed by atoms with Gasteiger partial charge in [-0.15, -0.1) is 0 Å². The van der Waals surface area contributed by atoms with Crippen molar-refractivity contribution in [3.8, 4) is 0 Å². The van der Waals surface area contributed by atoms with Crippen LogP contribution < -0.4 is 0 Å². The maximum absolute atomic E-state index is 8.46. The summed E-state index contributed by atoms with van der Waals surface area (Å²) >= 11 is -1.79. The van der Waals surface area contributed by atoms with Gasteiger partial charge in [0.15, 0.2) is 0 Å². The second kappa shape index (κ2) is 40.5. The van der Waals surface area contributed by atoms with Gasteiger partial charge < -0.3 is 7.43 Å². The first-order chi connectivity index (χ1) is 2.83. The molecular formula is C4H8O2Ru-2. The maximum atomic E-state index is 8.46. The fourth-order valence-electron chi connectivity index (χ4n) is 0. The van der Waals surface area contributed by atoms with E-state index in [9.17, 15) is 0 Å². The van der Waals surface area contributed by atoms with Crippen LogP contribution in [0.3, 0.4) is 0 Å². The molecule has 0 N–H and O–H groups in total. The number of allylic oxidation sites excluding steroid dienone is 1. The summed E-state index contributed by atoms with van der Waals surface area (Å²) in [6, 6.07) is 0. The first kappa shape index (κ1) is 15.8. The van der Waals surface area contributed by atoms with Gasteiger partial charge in [-0.3, -0.25) is 0 Å². The van der Waals surface area contributed by atoms with Crippen molar-refractivity contribution >= 4 is 0 Å². The summed E-state index contributed by atoms with van der Waals surface area (Å²) in [5.41, 5.74) is 0. The van der Waals surface area contributed by atoms with Gasteiger partial charge >= 0.3 is 24.2 Å². The third-order valence-electron chi connectivity index (χ3n) is 0. The molecule has 7 heavy (non-hydrogen) atoms. The van der Waals surface area contributed by atoms with Gasteiger partial charge in [-0.05, 0) is 0 Å². The van der Waals surface area contributed by atoms with Gasteiger partial charge in [0.2, 0.25) is 0 Å². The van der Waals surface area contributed by atoms with Crippen LogP contribution in [0.5, 0.6) is 0 Å². The van der Waals surface area contributed by atoms with Crippen molar-refractivity contribution in [2.75, 3.05) is 0 Å². The molecule has 0 aromatic heterocycles. The van der Waals surface area contributed by atoms with Crippen LogP contribution >= 0.6 is 0 Å². The molecule has 3 heteroatoms. The molecule has 0 unspecified atom stereocenters. The van der Waals surface area contributed by atoms with Gasteiger partial charge in [-0.25, -0.2) is 19.6 Å². The Kier molecular flexibility index (Phi) is 91.6. The van der Waals surface area contributed by atoms with E-state index < -0.39 is 17.0 Å². The Bertz CT molecular complexity index is 54.7. The molecule has 0 aliphatic carbocycles. The molecule has 0 heterocycles. The Hall–Kier alpha value is -0.167. The van der Waals surface area contributed by atoms with Crippen LogP contribution in [0.1, 0.15) is 0 Å². The van der Waals surface area contributed by atoms with E-state index >= 15 is 0 Å². The normalized spacial score (nSPS) is 4.00. The van der Waals surface area contributed by atoms with E-state index in [1.54, 1.807) is 0 Å². The minimum atomic E-state index is -1.79. The standard InChI is InChI=1S/C3H5.CH3.2O.Ru/c1-3-2;;;;/h3H,1-2H2;1H3;;;/q2*-1;;;. The molecule has 0 saturated carbocycles. The molecule has 2 nitrogen and oxygen atoms in total. The summed E-state index contributed by atoms with van der Waals surface area (Å²) in [5.74, 6) is 0. The molecule has 0 saturated heterocycles. The quantitative estimate of drug-likeness (QED) is 0.424. The van der Waals surface area contributed by atoms with Crippen molar-refractivity contribution in [3.05, 3.63) is 27.0 Å². The Morgan fingerprint density at radius 1 is 1.57 bits per heavy atom. The van der Waals surface area contributed by atoms with Crippen molar-refractivity contribution in [2.45, 2.75) is 0 Å². The Labute approximate surface area is 51.7 Å². The molecule has 0 bridgehead atoms. The van der Waals surface area contributed by atoms with E-state index in [1.165, 1.54) is 6.08 Å². The number of rotatable bonds is 0. The molecule has 46 valence electrons. The molecule has 0 atom stereocenters. The molecule has 0 aliphatic heterocycles. The van der Waals surface area contributed by atoms with Crippen molar-refractivity contribution in [1.82, 2.24) is 0 Å². The summed E-state index contributed by atoms with van der Waals surface area (Å²) in [5, 5.41) is 0. The second-order valence-corrected chi connectivity index (χ2v) is 0.637. The fourth-order valence-corrected chi connectivity index (χ4v) is 0. The average molecular weight is 189 g/mol. The number of hydrogen-bond acceptors (Lipinski definition) is 2. The monoisotopic (exact) mass is 190 g/mol. The SMILES string of the molecule is C=C[CH2-].[CH3-].[O]=[Ru]=[O]. The molecule has 0 aromatic rings. The van der Waals surface area contributed by atoms with Gasteiger partial charge in [-0.1, -0.05) is 0 Å². The average Bonchev–Trinajstić information content (AvgIpc) is 1.39. The van der Waals surface area contributed by atoms with E-state index in [1.807, 2.05) is 0 Å². The van der Waals surface area contributed by atoms with Gasteiger partial charge in [0, 0.05) is 0 Å². The summed E-state index contributed by atoms with van der Waals surface area (Å²) in [6.45, 7) is 6.50. The van der Waals surface area contributed by atoms with Crippen LogP contribution in [0.25, 0.3) is 0 Å². The van der Waals surface area contributed by atoms with E-state index in [0.717, 1.165) is 0 Å². The van der Waals surface area contributed by atoms with E-state index in [0.29, 0.717) is 0 Å². The molecule has 0 amide bonds. The van der Waals surface area contributed by atoms with Crippen LogP contribution in [0.4, 0.5) is 0 Å². The van der Waals surface area contributed by atoms with Gasteiger partial charge in [0.25, 0.3) is 0 Å². The van der Waals surface area contributed by atoms with Gasteiger partial charge in [-0.2, -0.15) is 0 Å². The minimum absolute atomic E-state index is 0. The predicted octanol–water partition coefficient (Wildman–Crippen LogP) is 1.22. The predicted molar refractivity (Wildman–Crippen MR) is 23.3 cm³/mol. The molecule has 0 aromatic carbocycles. The molecule has 0 rings (SSSR count). The third kappa shape index (κ3) is 3090. The zero-order chi connectivity index (χ0) is 5.41. The van der Waals surface area contributed by atoms with Gasteiger partial charge in [0.05, 0.1) is 0 Å². The molecule has 0 spiro atoms. The second-order valence-electron chi connectivity index (χ2n) is 0.348. The Morgan fingerprint density at radius 3 is 1.57 bits per heavy atom.